The van der Waals surface area contributed by atoms with Gasteiger partial charge in [-0.15, -0.1) is 0 Å². The lowest BCUT2D eigenvalue weighted by atomic mass is 10.1. The third-order valence-electron chi connectivity index (χ3n) is 2.11. The lowest BCUT2D eigenvalue weighted by Gasteiger charge is -2.03. The van der Waals surface area contributed by atoms with Gasteiger partial charge in [0.1, 0.15) is 5.69 Å². The van der Waals surface area contributed by atoms with Crippen LogP contribution in [0.2, 0.25) is 0 Å². The summed E-state index contributed by atoms with van der Waals surface area (Å²) in [7, 11) is 0. The van der Waals surface area contributed by atoms with Crippen molar-refractivity contribution in [2.24, 2.45) is 5.92 Å². The maximum Gasteiger partial charge on any atom is 0.289 e. The Morgan fingerprint density at radius 3 is 2.54 bits per heavy atom. The number of rotatable bonds is 3. The maximum absolute atomic E-state index is 11.4. The number of hydrogen-bond acceptors (Lipinski definition) is 2. The zero-order valence-corrected chi connectivity index (χ0v) is 8.42. The Labute approximate surface area is 77.7 Å². The molecule has 0 fully saturated rings. The number of nitrogens with one attached hydrogen (secondary N) is 1. The molecule has 1 aromatic rings. The fourth-order valence-electron chi connectivity index (χ4n) is 1.16. The second-order valence-corrected chi connectivity index (χ2v) is 3.79. The smallest absolute Gasteiger partial charge is 0.289 e. The molecule has 13 heavy (non-hydrogen) atoms. The predicted molar refractivity (Wildman–Crippen MR) is 53.7 cm³/mol. The largest absolute Gasteiger partial charge is 0.393 e. The average molecular weight is 183 g/mol. The van der Waals surface area contributed by atoms with E-state index in [4.69, 9.17) is 5.73 Å². The third kappa shape index (κ3) is 2.14. The minimum atomic E-state index is -0.0989. The van der Waals surface area contributed by atoms with Gasteiger partial charge in [-0.25, -0.2) is 0 Å². The molecule has 0 unspecified atom stereocenters. The normalized spacial score (nSPS) is 11.1. The summed E-state index contributed by atoms with van der Waals surface area (Å²) in [4.78, 5) is 11.4. The maximum atomic E-state index is 11.4. The predicted octanol–water partition coefficient (Wildman–Crippen LogP) is 1.11. The quantitative estimate of drug-likeness (QED) is 0.737. The molecule has 0 spiro atoms. The topological polar surface area (TPSA) is 63.8 Å². The molecule has 1 heterocycles. The van der Waals surface area contributed by atoms with Gasteiger partial charge in [-0.3, -0.25) is 14.6 Å². The van der Waals surface area contributed by atoms with Crippen molar-refractivity contribution < 1.29 is 0 Å². The van der Waals surface area contributed by atoms with E-state index in [1.807, 2.05) is 6.92 Å². The summed E-state index contributed by atoms with van der Waals surface area (Å²) in [6.07, 6.45) is 0.985. The van der Waals surface area contributed by atoms with E-state index in [9.17, 15) is 4.79 Å². The van der Waals surface area contributed by atoms with Gasteiger partial charge in [0.25, 0.3) is 5.56 Å². The van der Waals surface area contributed by atoms with Gasteiger partial charge < -0.3 is 5.73 Å². The highest BCUT2D eigenvalue weighted by Gasteiger charge is 2.06. The van der Waals surface area contributed by atoms with Crippen LogP contribution in [-0.4, -0.2) is 9.78 Å². The molecular weight excluding hydrogens is 166 g/mol. The number of anilines is 1. The molecular formula is C9H17N3O. The molecule has 0 aliphatic rings. The first-order chi connectivity index (χ1) is 6.02. The molecule has 0 atom stereocenters. The van der Waals surface area contributed by atoms with Gasteiger partial charge in [0.05, 0.1) is 5.69 Å². The van der Waals surface area contributed by atoms with Crippen molar-refractivity contribution in [2.45, 2.75) is 33.7 Å². The van der Waals surface area contributed by atoms with Gasteiger partial charge in [0, 0.05) is 6.54 Å². The van der Waals surface area contributed by atoms with Crippen LogP contribution in [-0.2, 0) is 6.54 Å². The summed E-state index contributed by atoms with van der Waals surface area (Å²) in [6.45, 7) is 6.78. The summed E-state index contributed by atoms with van der Waals surface area (Å²) in [6, 6.07) is 0. The highest BCUT2D eigenvalue weighted by atomic mass is 16.1. The average Bonchev–Trinajstić information content (AvgIpc) is 2.29. The Balaban J connectivity index is 2.79. The standard InChI is InChI=1S/C9H17N3O/c1-6(2)4-5-12-9(13)8(10)7(3)11-12/h6,11H,4-5,10H2,1-3H3. The molecule has 74 valence electrons. The van der Waals surface area contributed by atoms with E-state index in [2.05, 4.69) is 18.9 Å². The van der Waals surface area contributed by atoms with Crippen molar-refractivity contribution in [1.82, 2.24) is 9.78 Å². The van der Waals surface area contributed by atoms with Crippen LogP contribution in [0.15, 0.2) is 4.79 Å². The van der Waals surface area contributed by atoms with Crippen LogP contribution in [0.1, 0.15) is 26.0 Å². The highest BCUT2D eigenvalue weighted by Crippen LogP contribution is 2.03. The van der Waals surface area contributed by atoms with Crippen LogP contribution in [0.5, 0.6) is 0 Å². The number of aromatic amines is 1. The van der Waals surface area contributed by atoms with Gasteiger partial charge in [-0.2, -0.15) is 0 Å². The van der Waals surface area contributed by atoms with Crippen molar-refractivity contribution >= 4 is 5.69 Å². The third-order valence-corrected chi connectivity index (χ3v) is 2.11. The molecule has 0 bridgehead atoms. The summed E-state index contributed by atoms with van der Waals surface area (Å²) < 4.78 is 1.57. The second kappa shape index (κ2) is 3.68. The molecule has 1 aromatic heterocycles. The van der Waals surface area contributed by atoms with Crippen molar-refractivity contribution in [3.05, 3.63) is 16.0 Å². The number of aryl methyl sites for hydroxylation is 2. The molecule has 0 aromatic carbocycles. The first-order valence-electron chi connectivity index (χ1n) is 4.57. The van der Waals surface area contributed by atoms with Crippen LogP contribution in [0.4, 0.5) is 5.69 Å². The van der Waals surface area contributed by atoms with Crippen LogP contribution >= 0.6 is 0 Å². The van der Waals surface area contributed by atoms with E-state index in [0.717, 1.165) is 12.1 Å². The molecule has 1 rings (SSSR count). The fraction of sp³-hybridized carbons (Fsp3) is 0.667. The number of nitrogens with zero attached hydrogens (tertiary/aromatic N) is 1. The Morgan fingerprint density at radius 1 is 1.54 bits per heavy atom. The molecule has 3 N–H and O–H groups in total. The lowest BCUT2D eigenvalue weighted by molar-refractivity contribution is 0.478. The van der Waals surface area contributed by atoms with Crippen LogP contribution in [0.25, 0.3) is 0 Å². The Morgan fingerprint density at radius 2 is 2.15 bits per heavy atom. The van der Waals surface area contributed by atoms with Crippen molar-refractivity contribution in [2.75, 3.05) is 5.73 Å². The summed E-state index contributed by atoms with van der Waals surface area (Å²) >= 11 is 0. The molecule has 0 radical (unpaired) electrons. The first kappa shape index (κ1) is 9.89. The van der Waals surface area contributed by atoms with Gasteiger partial charge in [0.2, 0.25) is 0 Å². The van der Waals surface area contributed by atoms with E-state index in [0.29, 0.717) is 18.2 Å². The molecule has 4 heteroatoms. The van der Waals surface area contributed by atoms with E-state index >= 15 is 0 Å². The number of nitrogen functional groups attached to an aromatic ring is 1. The fourth-order valence-corrected chi connectivity index (χ4v) is 1.16. The molecule has 4 nitrogen and oxygen atoms in total. The van der Waals surface area contributed by atoms with Gasteiger partial charge in [-0.05, 0) is 19.3 Å². The summed E-state index contributed by atoms with van der Waals surface area (Å²) in [5.74, 6) is 0.594. The first-order valence-corrected chi connectivity index (χ1v) is 4.57. The number of nitrogens with two attached hydrogens (primary N) is 1. The zero-order chi connectivity index (χ0) is 10.0. The Hall–Kier alpha value is -1.19. The minimum absolute atomic E-state index is 0.0989. The van der Waals surface area contributed by atoms with Crippen molar-refractivity contribution in [3.63, 3.8) is 0 Å². The monoisotopic (exact) mass is 183 g/mol. The Kier molecular flexibility index (Phi) is 2.80. The van der Waals surface area contributed by atoms with Crippen molar-refractivity contribution in [3.8, 4) is 0 Å². The van der Waals surface area contributed by atoms with E-state index < -0.39 is 0 Å². The Bertz CT molecular complexity index is 335. The number of H-pyrrole nitrogens is 1. The molecule has 0 aliphatic heterocycles. The summed E-state index contributed by atoms with van der Waals surface area (Å²) in [5.41, 5.74) is 6.54. The zero-order valence-electron chi connectivity index (χ0n) is 8.42. The molecule has 0 saturated carbocycles. The molecule has 0 aliphatic carbocycles. The SMILES string of the molecule is Cc1[nH]n(CCC(C)C)c(=O)c1N. The van der Waals surface area contributed by atoms with Crippen molar-refractivity contribution in [1.29, 1.82) is 0 Å². The lowest BCUT2D eigenvalue weighted by Crippen LogP contribution is -2.19. The minimum Gasteiger partial charge on any atom is -0.393 e. The van der Waals surface area contributed by atoms with E-state index in [1.165, 1.54) is 0 Å². The van der Waals surface area contributed by atoms with E-state index in [-0.39, 0.29) is 5.56 Å². The molecule has 0 amide bonds. The van der Waals surface area contributed by atoms with Gasteiger partial charge >= 0.3 is 0 Å². The molecule has 0 saturated heterocycles. The summed E-state index contributed by atoms with van der Waals surface area (Å²) in [5, 5.41) is 2.95. The van der Waals surface area contributed by atoms with Crippen LogP contribution < -0.4 is 11.3 Å². The van der Waals surface area contributed by atoms with Gasteiger partial charge in [-0.1, -0.05) is 13.8 Å². The van der Waals surface area contributed by atoms with Crippen LogP contribution in [0.3, 0.4) is 0 Å². The highest BCUT2D eigenvalue weighted by molar-refractivity contribution is 5.39. The number of aromatic nitrogens is 2. The number of hydrogen-bond donors (Lipinski definition) is 2. The van der Waals surface area contributed by atoms with E-state index in [1.54, 1.807) is 4.68 Å². The van der Waals surface area contributed by atoms with Crippen LogP contribution in [0, 0.1) is 12.8 Å². The second-order valence-electron chi connectivity index (χ2n) is 3.79. The van der Waals surface area contributed by atoms with Gasteiger partial charge in [0.15, 0.2) is 0 Å².